The number of esters is 1. The molecule has 0 atom stereocenters. The predicted octanol–water partition coefficient (Wildman–Crippen LogP) is 4.82. The van der Waals surface area contributed by atoms with E-state index in [1.165, 1.54) is 0 Å². The molecule has 0 bridgehead atoms. The third-order valence-electron chi connectivity index (χ3n) is 3.28. The van der Waals surface area contributed by atoms with Crippen molar-refractivity contribution in [1.29, 1.82) is 0 Å². The monoisotopic (exact) mass is 374 g/mol. The number of hydrogen-bond acceptors (Lipinski definition) is 4. The van der Waals surface area contributed by atoms with Gasteiger partial charge in [0.1, 0.15) is 0 Å². The number of carbonyl (C=O) groups excluding carboxylic acids is 1. The van der Waals surface area contributed by atoms with Gasteiger partial charge in [-0.1, -0.05) is 19.8 Å². The van der Waals surface area contributed by atoms with Gasteiger partial charge in [-0.15, -0.1) is 0 Å². The van der Waals surface area contributed by atoms with E-state index in [2.05, 4.69) is 32.8 Å². The van der Waals surface area contributed by atoms with Crippen LogP contribution in [0, 0.1) is 0 Å². The second kappa shape index (κ2) is 9.20. The van der Waals surface area contributed by atoms with Gasteiger partial charge in [0.25, 0.3) is 0 Å². The second-order valence-electron chi connectivity index (χ2n) is 5.05. The standard InChI is InChI=1S/C18H19BrN2O2/c1-2-3-4-5-16(22)23-18(15-8-12-21-13-9-15)17(19)14-6-10-20-11-7-14/h6-13H,2-5H2,1H3. The zero-order valence-electron chi connectivity index (χ0n) is 13.0. The Morgan fingerprint density at radius 1 is 1.00 bits per heavy atom. The van der Waals surface area contributed by atoms with E-state index in [-0.39, 0.29) is 5.97 Å². The van der Waals surface area contributed by atoms with E-state index in [1.54, 1.807) is 24.8 Å². The van der Waals surface area contributed by atoms with Crippen molar-refractivity contribution in [1.82, 2.24) is 9.97 Å². The van der Waals surface area contributed by atoms with E-state index in [0.29, 0.717) is 12.2 Å². The molecule has 0 saturated heterocycles. The van der Waals surface area contributed by atoms with E-state index in [4.69, 9.17) is 4.74 Å². The van der Waals surface area contributed by atoms with Gasteiger partial charge >= 0.3 is 5.97 Å². The number of carbonyl (C=O) groups is 1. The van der Waals surface area contributed by atoms with Crippen LogP contribution < -0.4 is 0 Å². The molecule has 4 nitrogen and oxygen atoms in total. The van der Waals surface area contributed by atoms with Crippen molar-refractivity contribution in [2.75, 3.05) is 0 Å². The number of pyridine rings is 2. The molecule has 23 heavy (non-hydrogen) atoms. The molecule has 2 aromatic heterocycles. The number of ether oxygens (including phenoxy) is 1. The highest BCUT2D eigenvalue weighted by atomic mass is 79.9. The Labute approximate surface area is 144 Å². The first-order valence-corrected chi connectivity index (χ1v) is 8.43. The predicted molar refractivity (Wildman–Crippen MR) is 94.4 cm³/mol. The molecule has 2 heterocycles. The van der Waals surface area contributed by atoms with Gasteiger partial charge in [-0.25, -0.2) is 0 Å². The number of unbranched alkanes of at least 4 members (excludes halogenated alkanes) is 2. The number of aromatic nitrogens is 2. The smallest absolute Gasteiger partial charge is 0.311 e. The summed E-state index contributed by atoms with van der Waals surface area (Å²) in [4.78, 5) is 20.2. The minimum absolute atomic E-state index is 0.226. The van der Waals surface area contributed by atoms with E-state index in [1.807, 2.05) is 24.3 Å². The van der Waals surface area contributed by atoms with Crippen LogP contribution in [-0.2, 0) is 9.53 Å². The van der Waals surface area contributed by atoms with Crippen LogP contribution in [0.4, 0.5) is 0 Å². The SMILES string of the molecule is CCCCCC(=O)OC(=C(Br)c1ccncc1)c1ccncc1. The van der Waals surface area contributed by atoms with Crippen LogP contribution in [0.1, 0.15) is 43.7 Å². The van der Waals surface area contributed by atoms with Crippen molar-refractivity contribution in [3.63, 3.8) is 0 Å². The minimum atomic E-state index is -0.226. The third-order valence-corrected chi connectivity index (χ3v) is 4.09. The Balaban J connectivity index is 2.28. The molecule has 0 spiro atoms. The second-order valence-corrected chi connectivity index (χ2v) is 5.84. The average molecular weight is 375 g/mol. The van der Waals surface area contributed by atoms with Gasteiger partial charge in [0.05, 0.1) is 4.48 Å². The largest absolute Gasteiger partial charge is 0.425 e. The van der Waals surface area contributed by atoms with Crippen LogP contribution in [-0.4, -0.2) is 15.9 Å². The Morgan fingerprint density at radius 3 is 2.13 bits per heavy atom. The third kappa shape index (κ3) is 5.28. The summed E-state index contributed by atoms with van der Waals surface area (Å²) in [5.41, 5.74) is 1.70. The molecule has 0 aliphatic rings. The van der Waals surface area contributed by atoms with Gasteiger partial charge in [0.15, 0.2) is 5.76 Å². The summed E-state index contributed by atoms with van der Waals surface area (Å²) in [5, 5.41) is 0. The molecule has 0 saturated carbocycles. The van der Waals surface area contributed by atoms with Gasteiger partial charge in [-0.05, 0) is 52.2 Å². The molecule has 0 aromatic carbocycles. The summed E-state index contributed by atoms with van der Waals surface area (Å²) in [6.07, 6.45) is 10.1. The first kappa shape index (κ1) is 17.3. The maximum Gasteiger partial charge on any atom is 0.311 e. The molecule has 120 valence electrons. The summed E-state index contributed by atoms with van der Waals surface area (Å²) < 4.78 is 6.36. The molecule has 2 rings (SSSR count). The average Bonchev–Trinajstić information content (AvgIpc) is 2.61. The molecule has 0 aliphatic carbocycles. The lowest BCUT2D eigenvalue weighted by atomic mass is 10.1. The Morgan fingerprint density at radius 2 is 1.57 bits per heavy atom. The molecule has 0 unspecified atom stereocenters. The molecule has 5 heteroatoms. The van der Waals surface area contributed by atoms with E-state index < -0.39 is 0 Å². The van der Waals surface area contributed by atoms with Crippen LogP contribution in [0.15, 0.2) is 49.1 Å². The highest BCUT2D eigenvalue weighted by molar-refractivity contribution is 9.15. The molecule has 0 aliphatic heterocycles. The summed E-state index contributed by atoms with van der Waals surface area (Å²) >= 11 is 3.55. The van der Waals surface area contributed by atoms with Crippen molar-refractivity contribution in [3.05, 3.63) is 60.2 Å². The van der Waals surface area contributed by atoms with Gasteiger partial charge in [-0.3, -0.25) is 14.8 Å². The Hall–Kier alpha value is -2.01. The molecule has 0 N–H and O–H groups in total. The van der Waals surface area contributed by atoms with Crippen LogP contribution in [0.3, 0.4) is 0 Å². The van der Waals surface area contributed by atoms with E-state index in [0.717, 1.165) is 34.9 Å². The van der Waals surface area contributed by atoms with E-state index in [9.17, 15) is 4.79 Å². The minimum Gasteiger partial charge on any atom is -0.425 e. The molecular weight excluding hydrogens is 356 g/mol. The molecule has 0 fully saturated rings. The normalized spacial score (nSPS) is 11.7. The maximum atomic E-state index is 12.1. The van der Waals surface area contributed by atoms with E-state index >= 15 is 0 Å². The first-order valence-electron chi connectivity index (χ1n) is 7.63. The van der Waals surface area contributed by atoms with Gasteiger partial charge < -0.3 is 4.74 Å². The molecule has 0 radical (unpaired) electrons. The number of rotatable bonds is 7. The van der Waals surface area contributed by atoms with Crippen LogP contribution >= 0.6 is 15.9 Å². The first-order chi connectivity index (χ1) is 11.2. The fraction of sp³-hybridized carbons (Fsp3) is 0.278. The highest BCUT2D eigenvalue weighted by Crippen LogP contribution is 2.32. The fourth-order valence-electron chi connectivity index (χ4n) is 2.05. The molecule has 0 amide bonds. The number of halogens is 1. The zero-order chi connectivity index (χ0) is 16.5. The lowest BCUT2D eigenvalue weighted by Crippen LogP contribution is -2.05. The summed E-state index contributed by atoms with van der Waals surface area (Å²) in [6.45, 7) is 2.10. The van der Waals surface area contributed by atoms with Crippen molar-refractivity contribution in [3.8, 4) is 0 Å². The fourth-order valence-corrected chi connectivity index (χ4v) is 2.62. The summed E-state index contributed by atoms with van der Waals surface area (Å²) in [5.74, 6) is 0.274. The Kier molecular flexibility index (Phi) is 6.94. The molecule has 2 aromatic rings. The van der Waals surface area contributed by atoms with Crippen molar-refractivity contribution >= 4 is 32.1 Å². The van der Waals surface area contributed by atoms with Crippen molar-refractivity contribution in [2.24, 2.45) is 0 Å². The Bertz CT molecular complexity index is 657. The van der Waals surface area contributed by atoms with Gasteiger partial charge in [0.2, 0.25) is 0 Å². The summed E-state index contributed by atoms with van der Waals surface area (Å²) in [6, 6.07) is 7.35. The van der Waals surface area contributed by atoms with Crippen LogP contribution in [0.25, 0.3) is 10.2 Å². The lowest BCUT2D eigenvalue weighted by molar-refractivity contribution is -0.136. The molecular formula is C18H19BrN2O2. The topological polar surface area (TPSA) is 52.1 Å². The highest BCUT2D eigenvalue weighted by Gasteiger charge is 2.15. The summed E-state index contributed by atoms with van der Waals surface area (Å²) in [7, 11) is 0. The van der Waals surface area contributed by atoms with Gasteiger partial charge in [-0.2, -0.15) is 0 Å². The van der Waals surface area contributed by atoms with Crippen molar-refractivity contribution < 1.29 is 9.53 Å². The number of nitrogens with zero attached hydrogens (tertiary/aromatic N) is 2. The quantitative estimate of drug-likeness (QED) is 0.396. The van der Waals surface area contributed by atoms with Crippen LogP contribution in [0.2, 0.25) is 0 Å². The zero-order valence-corrected chi connectivity index (χ0v) is 14.6. The van der Waals surface area contributed by atoms with Crippen molar-refractivity contribution in [2.45, 2.75) is 32.6 Å². The lowest BCUT2D eigenvalue weighted by Gasteiger charge is -2.12. The van der Waals surface area contributed by atoms with Crippen LogP contribution in [0.5, 0.6) is 0 Å². The maximum absolute atomic E-state index is 12.1. The number of hydrogen-bond donors (Lipinski definition) is 0. The van der Waals surface area contributed by atoms with Gasteiger partial charge in [0, 0.05) is 36.8 Å².